The normalized spacial score (nSPS) is 19.0. The van der Waals surface area contributed by atoms with Gasteiger partial charge in [-0.05, 0) is 49.9 Å². The Morgan fingerprint density at radius 2 is 2.05 bits per heavy atom. The number of nitrogens with two attached hydrogens (primary N) is 1. The molecule has 2 rings (SSSR count). The number of benzene rings is 1. The summed E-state index contributed by atoms with van der Waals surface area (Å²) in [7, 11) is 1.69. The second-order valence-electron chi connectivity index (χ2n) is 5.47. The third-order valence-electron chi connectivity index (χ3n) is 4.25. The van der Waals surface area contributed by atoms with E-state index in [0.717, 1.165) is 36.1 Å². The van der Waals surface area contributed by atoms with Gasteiger partial charge in [0.15, 0.2) is 0 Å². The molecule has 20 heavy (non-hydrogen) atoms. The van der Waals surface area contributed by atoms with Crippen LogP contribution in [0.3, 0.4) is 0 Å². The van der Waals surface area contributed by atoms with E-state index >= 15 is 0 Å². The van der Waals surface area contributed by atoms with E-state index in [0.29, 0.717) is 0 Å². The number of hydrogen-bond donors (Lipinski definition) is 1. The van der Waals surface area contributed by atoms with Gasteiger partial charge in [0.05, 0.1) is 12.7 Å². The van der Waals surface area contributed by atoms with Crippen LogP contribution >= 0.6 is 15.9 Å². The predicted octanol–water partition coefficient (Wildman–Crippen LogP) is 3.68. The lowest BCUT2D eigenvalue weighted by Crippen LogP contribution is -2.49. The van der Waals surface area contributed by atoms with Crippen LogP contribution in [0, 0.1) is 0 Å². The van der Waals surface area contributed by atoms with Gasteiger partial charge in [-0.25, -0.2) is 0 Å². The van der Waals surface area contributed by atoms with Gasteiger partial charge in [0.2, 0.25) is 0 Å². The van der Waals surface area contributed by atoms with Crippen LogP contribution in [0.4, 0.5) is 0 Å². The number of hydrogen-bond acceptors (Lipinski definition) is 3. The van der Waals surface area contributed by atoms with E-state index in [1.807, 2.05) is 19.1 Å². The first-order chi connectivity index (χ1) is 9.61. The fourth-order valence-corrected chi connectivity index (χ4v) is 3.55. The average molecular weight is 342 g/mol. The van der Waals surface area contributed by atoms with E-state index in [4.69, 9.17) is 15.2 Å². The standard InChI is InChI=1S/C16H24BrNO2/c1-3-20-16(8-4-5-9-16)15(18)11-12-10-13(19-2)6-7-14(12)17/h6-7,10,15H,3-5,8-9,11,18H2,1-2H3. The molecule has 1 saturated carbocycles. The zero-order valence-electron chi connectivity index (χ0n) is 12.3. The molecule has 0 bridgehead atoms. The Labute approximate surface area is 130 Å². The van der Waals surface area contributed by atoms with Crippen LogP contribution < -0.4 is 10.5 Å². The van der Waals surface area contributed by atoms with Crippen molar-refractivity contribution in [2.45, 2.75) is 50.7 Å². The minimum Gasteiger partial charge on any atom is -0.497 e. The van der Waals surface area contributed by atoms with E-state index < -0.39 is 0 Å². The van der Waals surface area contributed by atoms with Gasteiger partial charge in [-0.2, -0.15) is 0 Å². The van der Waals surface area contributed by atoms with Crippen LogP contribution in [0.1, 0.15) is 38.2 Å². The molecule has 1 aliphatic carbocycles. The lowest BCUT2D eigenvalue weighted by Gasteiger charge is -2.35. The SMILES string of the molecule is CCOC1(C(N)Cc2cc(OC)ccc2Br)CCCC1. The van der Waals surface area contributed by atoms with E-state index in [2.05, 4.69) is 22.0 Å². The van der Waals surface area contributed by atoms with Crippen molar-refractivity contribution in [3.8, 4) is 5.75 Å². The maximum Gasteiger partial charge on any atom is 0.119 e. The largest absolute Gasteiger partial charge is 0.497 e. The summed E-state index contributed by atoms with van der Waals surface area (Å²) in [5, 5.41) is 0. The van der Waals surface area contributed by atoms with Crippen LogP contribution in [0.2, 0.25) is 0 Å². The molecule has 2 N–H and O–H groups in total. The van der Waals surface area contributed by atoms with Crippen molar-refractivity contribution < 1.29 is 9.47 Å². The lowest BCUT2D eigenvalue weighted by molar-refractivity contribution is -0.0525. The Hall–Kier alpha value is -0.580. The highest BCUT2D eigenvalue weighted by Gasteiger charge is 2.40. The summed E-state index contributed by atoms with van der Waals surface area (Å²) in [4.78, 5) is 0. The molecule has 0 spiro atoms. The van der Waals surface area contributed by atoms with Gasteiger partial charge in [-0.15, -0.1) is 0 Å². The number of rotatable bonds is 6. The summed E-state index contributed by atoms with van der Waals surface area (Å²) in [6, 6.07) is 6.04. The number of ether oxygens (including phenoxy) is 2. The molecule has 1 aromatic carbocycles. The third kappa shape index (κ3) is 3.35. The quantitative estimate of drug-likeness (QED) is 0.858. The second-order valence-corrected chi connectivity index (χ2v) is 6.33. The maximum atomic E-state index is 6.51. The Kier molecular flexibility index (Phi) is 5.47. The van der Waals surface area contributed by atoms with Gasteiger partial charge < -0.3 is 15.2 Å². The molecule has 0 saturated heterocycles. The summed E-state index contributed by atoms with van der Waals surface area (Å²) in [6.07, 6.45) is 5.38. The van der Waals surface area contributed by atoms with Gasteiger partial charge >= 0.3 is 0 Å². The first-order valence-corrected chi connectivity index (χ1v) is 8.12. The Balaban J connectivity index is 2.15. The summed E-state index contributed by atoms with van der Waals surface area (Å²) >= 11 is 3.60. The fraction of sp³-hybridized carbons (Fsp3) is 0.625. The molecule has 1 aliphatic rings. The molecule has 4 heteroatoms. The topological polar surface area (TPSA) is 44.5 Å². The van der Waals surface area contributed by atoms with Crippen LogP contribution in [-0.4, -0.2) is 25.4 Å². The van der Waals surface area contributed by atoms with Crippen molar-refractivity contribution in [3.63, 3.8) is 0 Å². The molecular weight excluding hydrogens is 318 g/mol. The minimum atomic E-state index is -0.142. The average Bonchev–Trinajstić information content (AvgIpc) is 2.91. The van der Waals surface area contributed by atoms with Crippen LogP contribution in [0.15, 0.2) is 22.7 Å². The van der Waals surface area contributed by atoms with Crippen molar-refractivity contribution in [3.05, 3.63) is 28.2 Å². The van der Waals surface area contributed by atoms with E-state index in [1.54, 1.807) is 7.11 Å². The molecule has 1 fully saturated rings. The molecule has 0 radical (unpaired) electrons. The molecule has 1 atom stereocenters. The fourth-order valence-electron chi connectivity index (χ4n) is 3.14. The van der Waals surface area contributed by atoms with E-state index in [1.165, 1.54) is 18.4 Å². The lowest BCUT2D eigenvalue weighted by atomic mass is 9.88. The highest BCUT2D eigenvalue weighted by Crippen LogP contribution is 2.37. The van der Waals surface area contributed by atoms with Gasteiger partial charge in [-0.1, -0.05) is 28.8 Å². The van der Waals surface area contributed by atoms with Crippen LogP contribution in [0.25, 0.3) is 0 Å². The highest BCUT2D eigenvalue weighted by molar-refractivity contribution is 9.10. The van der Waals surface area contributed by atoms with E-state index in [9.17, 15) is 0 Å². The smallest absolute Gasteiger partial charge is 0.119 e. The molecule has 3 nitrogen and oxygen atoms in total. The monoisotopic (exact) mass is 341 g/mol. The van der Waals surface area contributed by atoms with Gasteiger partial charge in [-0.3, -0.25) is 0 Å². The Bertz CT molecular complexity index is 444. The summed E-state index contributed by atoms with van der Waals surface area (Å²) in [6.45, 7) is 2.78. The summed E-state index contributed by atoms with van der Waals surface area (Å²) < 4.78 is 12.4. The zero-order valence-corrected chi connectivity index (χ0v) is 13.9. The summed E-state index contributed by atoms with van der Waals surface area (Å²) in [5.41, 5.74) is 7.55. The Morgan fingerprint density at radius 3 is 2.65 bits per heavy atom. The van der Waals surface area contributed by atoms with Gasteiger partial charge in [0.25, 0.3) is 0 Å². The highest BCUT2D eigenvalue weighted by atomic mass is 79.9. The van der Waals surface area contributed by atoms with E-state index in [-0.39, 0.29) is 11.6 Å². The number of methoxy groups -OCH3 is 1. The first kappa shape index (κ1) is 15.8. The van der Waals surface area contributed by atoms with Crippen molar-refractivity contribution in [2.24, 2.45) is 5.73 Å². The van der Waals surface area contributed by atoms with Crippen LogP contribution in [0.5, 0.6) is 5.75 Å². The molecule has 0 amide bonds. The maximum absolute atomic E-state index is 6.51. The third-order valence-corrected chi connectivity index (χ3v) is 5.02. The molecule has 0 heterocycles. The van der Waals surface area contributed by atoms with Crippen molar-refractivity contribution in [1.82, 2.24) is 0 Å². The van der Waals surface area contributed by atoms with Gasteiger partial charge in [0.1, 0.15) is 5.75 Å². The molecule has 112 valence electrons. The molecule has 1 unspecified atom stereocenters. The molecule has 0 aliphatic heterocycles. The van der Waals surface area contributed by atoms with Crippen LogP contribution in [-0.2, 0) is 11.2 Å². The van der Waals surface area contributed by atoms with Gasteiger partial charge in [0, 0.05) is 17.1 Å². The molecule has 0 aromatic heterocycles. The first-order valence-electron chi connectivity index (χ1n) is 7.33. The summed E-state index contributed by atoms with van der Waals surface area (Å²) in [5.74, 6) is 0.868. The predicted molar refractivity (Wildman–Crippen MR) is 85.2 cm³/mol. The zero-order chi connectivity index (χ0) is 14.6. The van der Waals surface area contributed by atoms with Crippen molar-refractivity contribution in [2.75, 3.05) is 13.7 Å². The number of halogens is 1. The Morgan fingerprint density at radius 1 is 1.35 bits per heavy atom. The van der Waals surface area contributed by atoms with Crippen molar-refractivity contribution in [1.29, 1.82) is 0 Å². The minimum absolute atomic E-state index is 0.0216. The molecule has 1 aromatic rings. The second kappa shape index (κ2) is 6.92. The molecular formula is C16H24BrNO2. The van der Waals surface area contributed by atoms with Crippen molar-refractivity contribution >= 4 is 15.9 Å².